The molecule has 1 aromatic carbocycles. The Balaban J connectivity index is 1.33. The van der Waals surface area contributed by atoms with E-state index in [-0.39, 0.29) is 0 Å². The van der Waals surface area contributed by atoms with Gasteiger partial charge in [-0.1, -0.05) is 36.4 Å². The van der Waals surface area contributed by atoms with E-state index in [1.165, 1.54) is 21.0 Å². The molecule has 2 heterocycles. The monoisotopic (exact) mass is 441 g/mol. The van der Waals surface area contributed by atoms with Gasteiger partial charge >= 0.3 is 5.97 Å². The number of thiophene rings is 1. The summed E-state index contributed by atoms with van der Waals surface area (Å²) in [5.41, 5.74) is 5.28. The number of carboxylic acid groups (broad SMARTS) is 1. The van der Waals surface area contributed by atoms with Crippen LogP contribution in [0, 0.1) is 0 Å². The third-order valence-electron chi connectivity index (χ3n) is 5.46. The minimum absolute atomic E-state index is 0.403. The second-order valence-electron chi connectivity index (χ2n) is 7.60. The number of anilines is 1. The van der Waals surface area contributed by atoms with Crippen molar-refractivity contribution in [3.05, 3.63) is 75.0 Å². The highest BCUT2D eigenvalue weighted by molar-refractivity contribution is 8.04. The summed E-state index contributed by atoms with van der Waals surface area (Å²) < 4.78 is 7.78. The second-order valence-corrected chi connectivity index (χ2v) is 9.56. The van der Waals surface area contributed by atoms with E-state index in [2.05, 4.69) is 40.0 Å². The molecule has 0 spiro atoms. The van der Waals surface area contributed by atoms with E-state index in [1.807, 2.05) is 42.3 Å². The van der Waals surface area contributed by atoms with Crippen LogP contribution >= 0.6 is 23.3 Å². The number of aliphatic carboxylic acids is 1. The first-order valence-corrected chi connectivity index (χ1v) is 12.1. The van der Waals surface area contributed by atoms with Gasteiger partial charge in [0.1, 0.15) is 5.00 Å². The first kappa shape index (κ1) is 21.2. The van der Waals surface area contributed by atoms with Crippen LogP contribution in [0.1, 0.15) is 36.5 Å². The third-order valence-corrected chi connectivity index (χ3v) is 7.76. The molecule has 0 bridgehead atoms. The number of hydrogen-bond acceptors (Lipinski definition) is 5. The number of carboxylic acids is 1. The van der Waals surface area contributed by atoms with Gasteiger partial charge in [0.2, 0.25) is 0 Å². The molecular formula is C24H27NO3S2. The molecule has 6 heteroatoms. The summed E-state index contributed by atoms with van der Waals surface area (Å²) in [6.07, 6.45) is 8.42. The Morgan fingerprint density at radius 1 is 1.23 bits per heavy atom. The summed E-state index contributed by atoms with van der Waals surface area (Å²) >= 11 is 3.73. The smallest absolute Gasteiger partial charge is 0.333 e. The topological polar surface area (TPSA) is 49.8 Å². The van der Waals surface area contributed by atoms with E-state index in [0.717, 1.165) is 37.8 Å². The number of ether oxygens (including phenoxy) is 1. The van der Waals surface area contributed by atoms with Gasteiger partial charge in [-0.05, 0) is 78.3 Å². The van der Waals surface area contributed by atoms with Crippen LogP contribution in [0.4, 0.5) is 5.00 Å². The average molecular weight is 442 g/mol. The second kappa shape index (κ2) is 9.86. The van der Waals surface area contributed by atoms with Gasteiger partial charge in [0.25, 0.3) is 0 Å². The Hall–Kier alpha value is -2.02. The van der Waals surface area contributed by atoms with Gasteiger partial charge in [-0.3, -0.25) is 0 Å². The number of nitrogens with zero attached hydrogens (tertiary/aromatic N) is 1. The van der Waals surface area contributed by atoms with Crippen molar-refractivity contribution in [1.82, 2.24) is 0 Å². The Kier molecular flexibility index (Phi) is 6.97. The van der Waals surface area contributed by atoms with Crippen LogP contribution in [0.15, 0.2) is 58.3 Å². The number of hydrogen-bond donors (Lipinski definition) is 1. The van der Waals surface area contributed by atoms with Gasteiger partial charge in [-0.15, -0.1) is 11.3 Å². The van der Waals surface area contributed by atoms with Crippen LogP contribution < -0.4 is 4.31 Å². The largest absolute Gasteiger partial charge is 0.479 e. The lowest BCUT2D eigenvalue weighted by molar-refractivity contribution is -0.149. The molecule has 1 aliphatic heterocycles. The minimum Gasteiger partial charge on any atom is -0.479 e. The molecule has 0 fully saturated rings. The van der Waals surface area contributed by atoms with Crippen molar-refractivity contribution in [2.75, 3.05) is 17.5 Å². The van der Waals surface area contributed by atoms with Crippen LogP contribution in [0.5, 0.6) is 0 Å². The lowest BCUT2D eigenvalue weighted by atomic mass is 10.0. The molecule has 1 unspecified atom stereocenters. The fourth-order valence-corrected chi connectivity index (χ4v) is 6.10. The van der Waals surface area contributed by atoms with Gasteiger partial charge in [0, 0.05) is 24.5 Å². The minimum atomic E-state index is -0.904. The molecule has 30 heavy (non-hydrogen) atoms. The Labute approximate surface area is 186 Å². The summed E-state index contributed by atoms with van der Waals surface area (Å²) in [4.78, 5) is 12.7. The zero-order chi connectivity index (χ0) is 20.9. The molecule has 0 saturated heterocycles. The molecule has 2 aromatic rings. The molecule has 158 valence electrons. The van der Waals surface area contributed by atoms with Crippen LogP contribution in [0.3, 0.4) is 0 Å². The SMILES string of the molecule is CCOC(Cc1ccc(CCCN2SC3=C(CC=C3)Cc3ccsc32)cc1)C(=O)O. The summed E-state index contributed by atoms with van der Waals surface area (Å²) in [5, 5.41) is 12.9. The number of fused-ring (bicyclic) bond motifs is 1. The van der Waals surface area contributed by atoms with E-state index >= 15 is 0 Å². The number of rotatable bonds is 9. The highest BCUT2D eigenvalue weighted by Gasteiger charge is 2.23. The van der Waals surface area contributed by atoms with E-state index in [9.17, 15) is 9.90 Å². The van der Waals surface area contributed by atoms with Crippen LogP contribution in [-0.4, -0.2) is 30.3 Å². The number of carbonyl (C=O) groups is 1. The maximum atomic E-state index is 11.3. The van der Waals surface area contributed by atoms with E-state index in [4.69, 9.17) is 4.74 Å². The quantitative estimate of drug-likeness (QED) is 0.511. The molecule has 0 radical (unpaired) electrons. The summed E-state index contributed by atoms with van der Waals surface area (Å²) in [7, 11) is 0. The van der Waals surface area contributed by atoms with Crippen LogP contribution in [-0.2, 0) is 28.8 Å². The van der Waals surface area contributed by atoms with Crippen molar-refractivity contribution in [1.29, 1.82) is 0 Å². The summed E-state index contributed by atoms with van der Waals surface area (Å²) in [6.45, 7) is 3.24. The van der Waals surface area contributed by atoms with Gasteiger partial charge in [-0.2, -0.15) is 0 Å². The highest BCUT2D eigenvalue weighted by atomic mass is 32.2. The molecule has 1 aliphatic carbocycles. The lowest BCUT2D eigenvalue weighted by Gasteiger charge is -2.21. The molecule has 4 rings (SSSR count). The van der Waals surface area contributed by atoms with Gasteiger partial charge in [-0.25, -0.2) is 4.79 Å². The normalized spacial score (nSPS) is 16.4. The van der Waals surface area contributed by atoms with E-state index in [1.54, 1.807) is 5.57 Å². The standard InChI is InChI=1S/C24H27NO3S2/c1-2-28-21(24(26)27)15-18-10-8-17(9-11-18)5-4-13-25-23-20(12-14-29-23)16-19-6-3-7-22(19)30-25/h3,7-12,14,21H,2,4-6,13,15-16H2,1H3,(H,26,27). The summed E-state index contributed by atoms with van der Waals surface area (Å²) in [6, 6.07) is 10.6. The predicted octanol–water partition coefficient (Wildman–Crippen LogP) is 5.64. The lowest BCUT2D eigenvalue weighted by Crippen LogP contribution is -2.26. The molecular weight excluding hydrogens is 414 g/mol. The van der Waals surface area contributed by atoms with Crippen molar-refractivity contribution in [2.45, 2.75) is 45.1 Å². The fourth-order valence-electron chi connectivity index (χ4n) is 3.90. The molecule has 0 saturated carbocycles. The molecule has 2 aliphatic rings. The molecule has 1 aromatic heterocycles. The maximum Gasteiger partial charge on any atom is 0.333 e. The Bertz CT molecular complexity index is 946. The van der Waals surface area contributed by atoms with Gasteiger partial charge in [0.05, 0.1) is 0 Å². The third kappa shape index (κ3) is 4.99. The Morgan fingerprint density at radius 2 is 2.03 bits per heavy atom. The Morgan fingerprint density at radius 3 is 2.80 bits per heavy atom. The van der Waals surface area contributed by atoms with Crippen molar-refractivity contribution < 1.29 is 14.6 Å². The van der Waals surface area contributed by atoms with E-state index in [0.29, 0.717) is 13.0 Å². The average Bonchev–Trinajstić information content (AvgIpc) is 3.35. The zero-order valence-electron chi connectivity index (χ0n) is 17.2. The van der Waals surface area contributed by atoms with Crippen LogP contribution in [0.25, 0.3) is 0 Å². The molecule has 1 atom stereocenters. The van der Waals surface area contributed by atoms with Crippen LogP contribution in [0.2, 0.25) is 0 Å². The molecule has 4 nitrogen and oxygen atoms in total. The van der Waals surface area contributed by atoms with Crippen molar-refractivity contribution in [2.24, 2.45) is 0 Å². The number of benzene rings is 1. The zero-order valence-corrected chi connectivity index (χ0v) is 18.8. The van der Waals surface area contributed by atoms with Crippen molar-refractivity contribution in [3.63, 3.8) is 0 Å². The van der Waals surface area contributed by atoms with E-state index < -0.39 is 12.1 Å². The van der Waals surface area contributed by atoms with Crippen molar-refractivity contribution >= 4 is 34.3 Å². The first-order valence-electron chi connectivity index (χ1n) is 10.5. The molecule has 1 N–H and O–H groups in total. The predicted molar refractivity (Wildman–Crippen MR) is 125 cm³/mol. The summed E-state index contributed by atoms with van der Waals surface area (Å²) in [5.74, 6) is -0.904. The maximum absolute atomic E-state index is 11.3. The van der Waals surface area contributed by atoms with Crippen molar-refractivity contribution in [3.8, 4) is 0 Å². The number of allylic oxidation sites excluding steroid dienone is 3. The highest BCUT2D eigenvalue weighted by Crippen LogP contribution is 2.44. The number of aryl methyl sites for hydroxylation is 1. The first-order chi connectivity index (χ1) is 14.6. The molecule has 0 amide bonds. The van der Waals surface area contributed by atoms with Gasteiger partial charge in [0.15, 0.2) is 6.10 Å². The van der Waals surface area contributed by atoms with Gasteiger partial charge < -0.3 is 14.1 Å². The fraction of sp³-hybridized carbons (Fsp3) is 0.375.